The third kappa shape index (κ3) is 6.34. The number of carbonyl (C=O) groups excluding carboxylic acids is 1. The molecule has 174 valence electrons. The van der Waals surface area contributed by atoms with Crippen LogP contribution in [0.2, 0.25) is 10.0 Å². The predicted octanol–water partition coefficient (Wildman–Crippen LogP) is 4.04. The highest BCUT2D eigenvalue weighted by Crippen LogP contribution is 2.23. The first kappa shape index (κ1) is 24.8. The van der Waals surface area contributed by atoms with Crippen molar-refractivity contribution in [2.24, 2.45) is 0 Å². The van der Waals surface area contributed by atoms with Gasteiger partial charge in [-0.15, -0.1) is 0 Å². The van der Waals surface area contributed by atoms with E-state index < -0.39 is 27.5 Å². The predicted molar refractivity (Wildman–Crippen MR) is 131 cm³/mol. The Morgan fingerprint density at radius 1 is 1.15 bits per heavy atom. The molecular weight excluding hydrogens is 487 g/mol. The highest BCUT2D eigenvalue weighted by Gasteiger charge is 2.20. The van der Waals surface area contributed by atoms with Crippen LogP contribution in [-0.4, -0.2) is 29.9 Å². The minimum absolute atomic E-state index is 0.00625. The van der Waals surface area contributed by atoms with Crippen molar-refractivity contribution in [3.63, 3.8) is 0 Å². The zero-order chi connectivity index (χ0) is 24.2. The molecule has 3 aromatic rings. The largest absolute Gasteiger partial charge is 0.324 e. The highest BCUT2D eigenvalue weighted by atomic mass is 35.5. The maximum Gasteiger partial charge on any atom is 0.287 e. The molecule has 0 unspecified atom stereocenters. The molecule has 0 aliphatic carbocycles. The summed E-state index contributed by atoms with van der Waals surface area (Å²) >= 11 is 11.6. The van der Waals surface area contributed by atoms with Gasteiger partial charge in [-0.3, -0.25) is 14.3 Å². The van der Waals surface area contributed by atoms with Crippen LogP contribution in [0.5, 0.6) is 0 Å². The molecule has 0 bridgehead atoms. The topological polar surface area (TPSA) is 110 Å². The fourth-order valence-electron chi connectivity index (χ4n) is 2.98. The van der Waals surface area contributed by atoms with Crippen molar-refractivity contribution in [3.05, 3.63) is 86.3 Å². The smallest absolute Gasteiger partial charge is 0.287 e. The number of rotatable bonds is 8. The third-order valence-corrected chi connectivity index (χ3v) is 6.94. The van der Waals surface area contributed by atoms with Crippen LogP contribution in [-0.2, 0) is 21.2 Å². The minimum atomic E-state index is -3.62. The normalized spacial score (nSPS) is 12.2. The maximum atomic E-state index is 12.7. The number of hydrogen-bond acceptors (Lipinski definition) is 5. The van der Waals surface area contributed by atoms with E-state index in [4.69, 9.17) is 23.2 Å². The number of aryl methyl sites for hydroxylation is 2. The van der Waals surface area contributed by atoms with Crippen LogP contribution >= 0.6 is 23.2 Å². The fraction of sp³-hybridized carbons (Fsp3) is 0.227. The first-order valence-corrected chi connectivity index (χ1v) is 12.4. The summed E-state index contributed by atoms with van der Waals surface area (Å²) in [6.07, 6.45) is 1.55. The number of nitrogens with zero attached hydrogens (tertiary/aromatic N) is 2. The Labute approximate surface area is 201 Å². The van der Waals surface area contributed by atoms with E-state index in [9.17, 15) is 18.0 Å². The monoisotopic (exact) mass is 508 g/mol. The van der Waals surface area contributed by atoms with Crippen LogP contribution in [0.4, 0.5) is 11.4 Å². The van der Waals surface area contributed by atoms with Crippen LogP contribution in [0.25, 0.3) is 0 Å². The summed E-state index contributed by atoms with van der Waals surface area (Å²) < 4.78 is 28.7. The lowest BCUT2D eigenvalue weighted by Crippen LogP contribution is -2.33. The number of amides is 1. The zero-order valence-electron chi connectivity index (χ0n) is 17.9. The number of anilines is 2. The van der Waals surface area contributed by atoms with Crippen molar-refractivity contribution in [2.45, 2.75) is 26.3 Å². The van der Waals surface area contributed by atoms with Crippen molar-refractivity contribution in [3.8, 4) is 0 Å². The van der Waals surface area contributed by atoms with Gasteiger partial charge in [-0.2, -0.15) is 5.10 Å². The molecule has 1 amide bonds. The number of hydrogen-bond donors (Lipinski definition) is 2. The van der Waals surface area contributed by atoms with Crippen molar-refractivity contribution in [1.29, 1.82) is 0 Å². The SMILES string of the molecule is Cc1ccc(NC(=O)[C@@H](C)n2ncc(Cl)c(Cl)c2=O)cc1NS(=O)(=O)CCc1ccccc1. The van der Waals surface area contributed by atoms with Gasteiger partial charge in [-0.1, -0.05) is 59.6 Å². The van der Waals surface area contributed by atoms with Crippen LogP contribution in [0.3, 0.4) is 0 Å². The number of benzene rings is 2. The van der Waals surface area contributed by atoms with Crippen molar-refractivity contribution in [2.75, 3.05) is 15.8 Å². The van der Waals surface area contributed by atoms with Gasteiger partial charge < -0.3 is 5.32 Å². The molecule has 1 atom stereocenters. The first-order chi connectivity index (χ1) is 15.6. The number of halogens is 2. The van der Waals surface area contributed by atoms with Gasteiger partial charge in [-0.25, -0.2) is 13.1 Å². The average molecular weight is 509 g/mol. The summed E-state index contributed by atoms with van der Waals surface area (Å²) in [5.74, 6) is -0.625. The molecule has 8 nitrogen and oxygen atoms in total. The lowest BCUT2D eigenvalue weighted by molar-refractivity contribution is -0.119. The second kappa shape index (κ2) is 10.4. The van der Waals surface area contributed by atoms with Gasteiger partial charge in [0.25, 0.3) is 5.56 Å². The molecule has 0 aliphatic heterocycles. The van der Waals surface area contributed by atoms with E-state index in [0.29, 0.717) is 23.4 Å². The Bertz CT molecular complexity index is 1330. The second-order valence-corrected chi connectivity index (χ2v) is 10.0. The molecule has 0 fully saturated rings. The summed E-state index contributed by atoms with van der Waals surface area (Å²) in [6, 6.07) is 13.2. The molecule has 1 aromatic heterocycles. The molecule has 0 saturated carbocycles. The van der Waals surface area contributed by atoms with Crippen LogP contribution in [0, 0.1) is 6.92 Å². The average Bonchev–Trinajstić information content (AvgIpc) is 2.78. The molecule has 1 heterocycles. The summed E-state index contributed by atoms with van der Waals surface area (Å²) in [5.41, 5.74) is 1.61. The van der Waals surface area contributed by atoms with Gasteiger partial charge in [0.1, 0.15) is 11.1 Å². The van der Waals surface area contributed by atoms with E-state index in [-0.39, 0.29) is 15.8 Å². The van der Waals surface area contributed by atoms with Gasteiger partial charge in [0.05, 0.1) is 22.7 Å². The number of sulfonamides is 1. The lowest BCUT2D eigenvalue weighted by Gasteiger charge is -2.16. The molecule has 11 heteroatoms. The Morgan fingerprint density at radius 2 is 1.85 bits per heavy atom. The van der Waals surface area contributed by atoms with Gasteiger partial charge in [-0.05, 0) is 43.5 Å². The Balaban J connectivity index is 1.72. The molecular formula is C22H22Cl2N4O4S. The second-order valence-electron chi connectivity index (χ2n) is 7.41. The van der Waals surface area contributed by atoms with E-state index in [2.05, 4.69) is 15.1 Å². The number of carbonyl (C=O) groups is 1. The Hall–Kier alpha value is -2.88. The van der Waals surface area contributed by atoms with Crippen molar-refractivity contribution in [1.82, 2.24) is 9.78 Å². The number of aromatic nitrogens is 2. The molecule has 2 aromatic carbocycles. The van der Waals surface area contributed by atoms with Crippen molar-refractivity contribution < 1.29 is 13.2 Å². The van der Waals surface area contributed by atoms with E-state index in [1.807, 2.05) is 30.3 Å². The van der Waals surface area contributed by atoms with E-state index >= 15 is 0 Å². The highest BCUT2D eigenvalue weighted by molar-refractivity contribution is 7.92. The van der Waals surface area contributed by atoms with E-state index in [1.54, 1.807) is 19.1 Å². The standard InChI is InChI=1S/C22H22Cl2N4O4S/c1-14-8-9-17(26-21(29)15(2)28-22(30)20(24)18(23)13-25-28)12-19(14)27-33(31,32)11-10-16-6-4-3-5-7-16/h3-9,12-13,15,27H,10-11H2,1-2H3,(H,26,29)/t15-/m1/s1. The van der Waals surface area contributed by atoms with Crippen LogP contribution in [0.1, 0.15) is 24.1 Å². The van der Waals surface area contributed by atoms with Crippen molar-refractivity contribution >= 4 is 50.5 Å². The Morgan fingerprint density at radius 3 is 2.55 bits per heavy atom. The summed E-state index contributed by atoms with van der Waals surface area (Å²) in [4.78, 5) is 24.9. The van der Waals surface area contributed by atoms with Crippen LogP contribution < -0.4 is 15.6 Å². The number of nitrogens with one attached hydrogen (secondary N) is 2. The van der Waals surface area contributed by atoms with Gasteiger partial charge in [0.15, 0.2) is 0 Å². The summed E-state index contributed by atoms with van der Waals surface area (Å²) in [6.45, 7) is 3.23. The molecule has 3 rings (SSSR count). The Kier molecular flexibility index (Phi) is 7.78. The van der Waals surface area contributed by atoms with E-state index in [0.717, 1.165) is 10.2 Å². The first-order valence-electron chi connectivity index (χ1n) is 9.96. The van der Waals surface area contributed by atoms with Gasteiger partial charge >= 0.3 is 0 Å². The van der Waals surface area contributed by atoms with Gasteiger partial charge in [0, 0.05) is 5.69 Å². The van der Waals surface area contributed by atoms with E-state index in [1.165, 1.54) is 19.2 Å². The summed E-state index contributed by atoms with van der Waals surface area (Å²) in [7, 11) is -3.62. The third-order valence-electron chi connectivity index (χ3n) is 4.92. The molecule has 0 aliphatic rings. The lowest BCUT2D eigenvalue weighted by atomic mass is 10.2. The molecule has 0 spiro atoms. The molecule has 33 heavy (non-hydrogen) atoms. The fourth-order valence-corrected chi connectivity index (χ4v) is 4.40. The quantitative estimate of drug-likeness (QED) is 0.476. The molecule has 0 radical (unpaired) electrons. The maximum absolute atomic E-state index is 12.7. The summed E-state index contributed by atoms with van der Waals surface area (Å²) in [5, 5.41) is 6.29. The zero-order valence-corrected chi connectivity index (χ0v) is 20.2. The van der Waals surface area contributed by atoms with Crippen LogP contribution in [0.15, 0.2) is 59.5 Å². The molecule has 2 N–H and O–H groups in total. The van der Waals surface area contributed by atoms with Gasteiger partial charge in [0.2, 0.25) is 15.9 Å². The molecule has 0 saturated heterocycles. The minimum Gasteiger partial charge on any atom is -0.324 e.